The number of fused-ring (bicyclic) bond motifs is 1. The Balaban J connectivity index is 0.000000160. The number of ketones is 1. The van der Waals surface area contributed by atoms with Crippen LogP contribution in [0.15, 0.2) is 24.3 Å². The second kappa shape index (κ2) is 7.05. The number of anilines is 1. The van der Waals surface area contributed by atoms with E-state index in [1.807, 2.05) is 0 Å². The number of aliphatic hydroxyl groups excluding tert-OH is 1. The van der Waals surface area contributed by atoms with E-state index in [2.05, 4.69) is 26.1 Å². The number of hydrogen-bond donors (Lipinski definition) is 2. The minimum Gasteiger partial charge on any atom is -0.393 e. The molecule has 1 aromatic carbocycles. The highest BCUT2D eigenvalue weighted by Crippen LogP contribution is 2.33. The number of rotatable bonds is 1. The molecule has 0 bridgehead atoms. The van der Waals surface area contributed by atoms with Crippen LogP contribution < -0.4 is 5.32 Å². The van der Waals surface area contributed by atoms with E-state index in [4.69, 9.17) is 0 Å². The Morgan fingerprint density at radius 3 is 2.45 bits per heavy atom. The number of para-hydroxylation sites is 1. The molecule has 1 fully saturated rings. The lowest BCUT2D eigenvalue weighted by molar-refractivity contribution is -0.112. The van der Waals surface area contributed by atoms with Gasteiger partial charge in [-0.05, 0) is 42.7 Å². The summed E-state index contributed by atoms with van der Waals surface area (Å²) in [6.45, 7) is 6.66. The molecule has 22 heavy (non-hydrogen) atoms. The van der Waals surface area contributed by atoms with Crippen molar-refractivity contribution in [2.45, 2.75) is 46.1 Å². The first-order chi connectivity index (χ1) is 10.4. The summed E-state index contributed by atoms with van der Waals surface area (Å²) in [6.07, 6.45) is 3.52. The largest absolute Gasteiger partial charge is 0.393 e. The number of hydrogen-bond acceptors (Lipinski definition) is 3. The topological polar surface area (TPSA) is 66.4 Å². The molecule has 1 aromatic rings. The summed E-state index contributed by atoms with van der Waals surface area (Å²) in [6, 6.07) is 6.85. The smallest absolute Gasteiger partial charge is 0.296 e. The van der Waals surface area contributed by atoms with Crippen LogP contribution in [-0.2, 0) is 4.79 Å². The minimum absolute atomic E-state index is 0.0289. The van der Waals surface area contributed by atoms with Crippen molar-refractivity contribution in [3.05, 3.63) is 29.8 Å². The maximum absolute atomic E-state index is 11.0. The molecule has 0 radical (unpaired) electrons. The van der Waals surface area contributed by atoms with Gasteiger partial charge in [0, 0.05) is 0 Å². The zero-order valence-electron chi connectivity index (χ0n) is 13.5. The third-order valence-corrected chi connectivity index (χ3v) is 4.61. The van der Waals surface area contributed by atoms with Gasteiger partial charge in [-0.2, -0.15) is 0 Å². The molecule has 1 saturated carbocycles. The van der Waals surface area contributed by atoms with Crippen LogP contribution in [0.5, 0.6) is 0 Å². The third-order valence-electron chi connectivity index (χ3n) is 4.61. The minimum atomic E-state index is -0.536. The van der Waals surface area contributed by atoms with Crippen LogP contribution in [0.3, 0.4) is 0 Å². The molecule has 3 rings (SSSR count). The second-order valence-electron chi connectivity index (χ2n) is 6.72. The summed E-state index contributed by atoms with van der Waals surface area (Å²) in [4.78, 5) is 21.8. The van der Waals surface area contributed by atoms with Crippen LogP contribution in [0.25, 0.3) is 0 Å². The van der Waals surface area contributed by atoms with Crippen LogP contribution >= 0.6 is 0 Å². The van der Waals surface area contributed by atoms with Gasteiger partial charge < -0.3 is 10.4 Å². The van der Waals surface area contributed by atoms with Crippen molar-refractivity contribution in [2.75, 3.05) is 5.32 Å². The lowest BCUT2D eigenvalue weighted by Crippen LogP contribution is -2.31. The van der Waals surface area contributed by atoms with E-state index in [-0.39, 0.29) is 6.10 Å². The molecule has 1 amide bonds. The Kier molecular flexibility index (Phi) is 5.35. The molecule has 4 heteroatoms. The molecule has 120 valence electrons. The zero-order chi connectivity index (χ0) is 16.3. The lowest BCUT2D eigenvalue weighted by atomic mass is 9.75. The van der Waals surface area contributed by atoms with E-state index in [9.17, 15) is 14.7 Å². The van der Waals surface area contributed by atoms with Gasteiger partial charge in [-0.25, -0.2) is 0 Å². The van der Waals surface area contributed by atoms with Crippen LogP contribution in [0, 0.1) is 17.8 Å². The van der Waals surface area contributed by atoms with E-state index < -0.39 is 11.7 Å². The Morgan fingerprint density at radius 2 is 1.86 bits per heavy atom. The van der Waals surface area contributed by atoms with E-state index in [1.165, 1.54) is 12.8 Å². The van der Waals surface area contributed by atoms with Crippen molar-refractivity contribution in [1.29, 1.82) is 0 Å². The Morgan fingerprint density at radius 1 is 1.18 bits per heavy atom. The monoisotopic (exact) mass is 303 g/mol. The predicted molar refractivity (Wildman–Crippen MR) is 86.8 cm³/mol. The summed E-state index contributed by atoms with van der Waals surface area (Å²) in [5, 5.41) is 12.2. The van der Waals surface area contributed by atoms with E-state index in [0.717, 1.165) is 12.3 Å². The SMILES string of the molecule is CC1CCC(C(C)C)C(O)C1.O=C1Nc2ccccc2C1=O. The zero-order valence-corrected chi connectivity index (χ0v) is 13.5. The molecular weight excluding hydrogens is 278 g/mol. The van der Waals surface area contributed by atoms with Gasteiger partial charge in [-0.3, -0.25) is 9.59 Å². The van der Waals surface area contributed by atoms with E-state index in [1.54, 1.807) is 24.3 Å². The fourth-order valence-corrected chi connectivity index (χ4v) is 3.24. The summed E-state index contributed by atoms with van der Waals surface area (Å²) in [5.74, 6) is 0.968. The van der Waals surface area contributed by atoms with E-state index >= 15 is 0 Å². The first kappa shape index (κ1) is 16.7. The number of aliphatic hydroxyl groups is 1. The van der Waals surface area contributed by atoms with Crippen molar-refractivity contribution in [2.24, 2.45) is 17.8 Å². The first-order valence-corrected chi connectivity index (χ1v) is 8.03. The highest BCUT2D eigenvalue weighted by Gasteiger charge is 2.28. The van der Waals surface area contributed by atoms with Crippen molar-refractivity contribution in [1.82, 2.24) is 0 Å². The average molecular weight is 303 g/mol. The molecule has 3 atom stereocenters. The fraction of sp³-hybridized carbons (Fsp3) is 0.556. The lowest BCUT2D eigenvalue weighted by Gasteiger charge is -2.33. The van der Waals surface area contributed by atoms with Gasteiger partial charge in [0.05, 0.1) is 17.4 Å². The first-order valence-electron chi connectivity index (χ1n) is 8.03. The molecule has 1 aliphatic carbocycles. The maximum Gasteiger partial charge on any atom is 0.296 e. The van der Waals surface area contributed by atoms with Crippen LogP contribution in [0.4, 0.5) is 5.69 Å². The Bertz CT molecular complexity index is 553. The molecule has 3 unspecified atom stereocenters. The van der Waals surface area contributed by atoms with Gasteiger partial charge >= 0.3 is 0 Å². The van der Waals surface area contributed by atoms with Crippen LogP contribution in [0.1, 0.15) is 50.4 Å². The van der Waals surface area contributed by atoms with Crippen molar-refractivity contribution >= 4 is 17.4 Å². The average Bonchev–Trinajstić information content (AvgIpc) is 2.75. The van der Waals surface area contributed by atoms with Crippen molar-refractivity contribution < 1.29 is 14.7 Å². The van der Waals surface area contributed by atoms with Gasteiger partial charge in [0.25, 0.3) is 11.7 Å². The van der Waals surface area contributed by atoms with E-state index in [0.29, 0.717) is 23.1 Å². The van der Waals surface area contributed by atoms with Crippen molar-refractivity contribution in [3.8, 4) is 0 Å². The van der Waals surface area contributed by atoms with Gasteiger partial charge in [0.15, 0.2) is 0 Å². The maximum atomic E-state index is 11.0. The second-order valence-corrected chi connectivity index (χ2v) is 6.72. The van der Waals surface area contributed by atoms with Crippen molar-refractivity contribution in [3.63, 3.8) is 0 Å². The highest BCUT2D eigenvalue weighted by molar-refractivity contribution is 6.51. The Hall–Kier alpha value is -1.68. The summed E-state index contributed by atoms with van der Waals surface area (Å²) >= 11 is 0. The highest BCUT2D eigenvalue weighted by atomic mass is 16.3. The molecule has 2 aliphatic rings. The number of nitrogens with one attached hydrogen (secondary N) is 1. The standard InChI is InChI=1S/C10H20O.C8H5NO2/c1-7(2)9-5-4-8(3)6-10(9)11;10-7-5-3-1-2-4-6(5)9-8(7)11/h7-11H,4-6H2,1-3H3;1-4H,(H,9,10,11). The van der Waals surface area contributed by atoms with Gasteiger partial charge in [-0.15, -0.1) is 0 Å². The number of Topliss-reactive ketones (excluding diaryl/α,β-unsaturated/α-hetero) is 1. The molecule has 0 aromatic heterocycles. The quantitative estimate of drug-likeness (QED) is 0.783. The van der Waals surface area contributed by atoms with Crippen LogP contribution in [0.2, 0.25) is 0 Å². The number of carbonyl (C=O) groups excluding carboxylic acids is 2. The molecule has 1 heterocycles. The molecule has 0 saturated heterocycles. The number of benzene rings is 1. The normalized spacial score (nSPS) is 27.0. The third kappa shape index (κ3) is 3.74. The molecular formula is C18H25NO3. The van der Waals surface area contributed by atoms with Gasteiger partial charge in [0.1, 0.15) is 0 Å². The van der Waals surface area contributed by atoms with Crippen LogP contribution in [-0.4, -0.2) is 22.9 Å². The fourth-order valence-electron chi connectivity index (χ4n) is 3.24. The van der Waals surface area contributed by atoms with Gasteiger partial charge in [-0.1, -0.05) is 39.3 Å². The molecule has 0 spiro atoms. The molecule has 1 aliphatic heterocycles. The summed E-state index contributed by atoms with van der Waals surface area (Å²) in [7, 11) is 0. The number of amides is 1. The number of carbonyl (C=O) groups is 2. The molecule has 4 nitrogen and oxygen atoms in total. The predicted octanol–water partition coefficient (Wildman–Crippen LogP) is 3.26. The van der Waals surface area contributed by atoms with Gasteiger partial charge in [0.2, 0.25) is 0 Å². The summed E-state index contributed by atoms with van der Waals surface area (Å²) in [5.41, 5.74) is 1.08. The molecule has 2 N–H and O–H groups in total. The Labute approximate surface area is 131 Å². The summed E-state index contributed by atoms with van der Waals surface area (Å²) < 4.78 is 0.